The highest BCUT2D eigenvalue weighted by molar-refractivity contribution is 9.11. The molecule has 136 valence electrons. The van der Waals surface area contributed by atoms with Crippen LogP contribution in [0, 0.1) is 0 Å². The van der Waals surface area contributed by atoms with E-state index in [2.05, 4.69) is 21.2 Å². The fraction of sp³-hybridized carbons (Fsp3) is 0.412. The number of anilines is 1. The number of thiophene rings is 1. The van der Waals surface area contributed by atoms with Crippen LogP contribution in [-0.2, 0) is 14.8 Å². The summed E-state index contributed by atoms with van der Waals surface area (Å²) in [6.45, 7) is 4.12. The van der Waals surface area contributed by atoms with Gasteiger partial charge in [0.2, 0.25) is 0 Å². The first kappa shape index (κ1) is 18.8. The van der Waals surface area contributed by atoms with Gasteiger partial charge in [-0.25, -0.2) is 8.42 Å². The van der Waals surface area contributed by atoms with Gasteiger partial charge in [-0.2, -0.15) is 0 Å². The number of benzene rings is 1. The maximum atomic E-state index is 13.0. The minimum absolute atomic E-state index is 0.163. The van der Waals surface area contributed by atoms with Crippen LogP contribution in [0.4, 0.5) is 5.69 Å². The van der Waals surface area contributed by atoms with Crippen molar-refractivity contribution in [2.45, 2.75) is 24.3 Å². The van der Waals surface area contributed by atoms with Crippen molar-refractivity contribution in [1.82, 2.24) is 5.32 Å². The number of sulfonamides is 1. The molecule has 0 saturated carbocycles. The van der Waals surface area contributed by atoms with Crippen LogP contribution in [-0.4, -0.2) is 35.2 Å². The van der Waals surface area contributed by atoms with E-state index in [4.69, 9.17) is 4.74 Å². The molecule has 1 aliphatic rings. The van der Waals surface area contributed by atoms with Gasteiger partial charge in [-0.15, -0.1) is 11.3 Å². The average molecular weight is 445 g/mol. The summed E-state index contributed by atoms with van der Waals surface area (Å²) >= 11 is 5.07. The lowest BCUT2D eigenvalue weighted by Gasteiger charge is -2.18. The van der Waals surface area contributed by atoms with Crippen LogP contribution in [0.15, 0.2) is 39.0 Å². The molecule has 8 heteroatoms. The van der Waals surface area contributed by atoms with Crippen LogP contribution in [0.1, 0.15) is 29.8 Å². The molecule has 3 rings (SSSR count). The summed E-state index contributed by atoms with van der Waals surface area (Å²) in [6.07, 6.45) is 0.872. The van der Waals surface area contributed by atoms with Crippen molar-refractivity contribution in [3.8, 4) is 0 Å². The van der Waals surface area contributed by atoms with Crippen molar-refractivity contribution < 1.29 is 13.2 Å². The van der Waals surface area contributed by atoms with Crippen LogP contribution in [0.25, 0.3) is 0 Å². The molecule has 2 aromatic rings. The Morgan fingerprint density at radius 1 is 1.36 bits per heavy atom. The molecular weight excluding hydrogens is 424 g/mol. The predicted octanol–water partition coefficient (Wildman–Crippen LogP) is 3.75. The molecule has 1 aromatic carbocycles. The summed E-state index contributed by atoms with van der Waals surface area (Å²) in [5.41, 5.74) is 1.51. The first-order chi connectivity index (χ1) is 12.0. The smallest absolute Gasteiger partial charge is 0.264 e. The minimum Gasteiger partial charge on any atom is -0.382 e. The van der Waals surface area contributed by atoms with Crippen LogP contribution in [0.3, 0.4) is 0 Å². The third-order valence-electron chi connectivity index (χ3n) is 4.20. The zero-order chi connectivity index (χ0) is 18.0. The molecule has 0 spiro atoms. The molecule has 1 atom stereocenters. The van der Waals surface area contributed by atoms with Gasteiger partial charge in [0.15, 0.2) is 0 Å². The van der Waals surface area contributed by atoms with E-state index in [1.165, 1.54) is 4.31 Å². The van der Waals surface area contributed by atoms with Gasteiger partial charge in [0.1, 0.15) is 0 Å². The molecule has 0 bridgehead atoms. The van der Waals surface area contributed by atoms with Gasteiger partial charge in [0.25, 0.3) is 10.0 Å². The third kappa shape index (κ3) is 3.64. The molecular formula is C17H21BrN2O3S2. The van der Waals surface area contributed by atoms with Gasteiger partial charge in [0, 0.05) is 20.3 Å². The lowest BCUT2D eigenvalue weighted by molar-refractivity contribution is 0.144. The number of nitrogens with zero attached hydrogens (tertiary/aromatic N) is 1. The molecule has 1 aromatic heterocycles. The lowest BCUT2D eigenvalue weighted by Crippen LogP contribution is -2.26. The number of rotatable bonds is 6. The largest absolute Gasteiger partial charge is 0.382 e. The van der Waals surface area contributed by atoms with E-state index in [0.717, 1.165) is 32.9 Å². The van der Waals surface area contributed by atoms with Gasteiger partial charge in [-0.1, -0.05) is 18.2 Å². The number of fused-ring (bicyclic) bond motifs is 2. The molecule has 0 amide bonds. The van der Waals surface area contributed by atoms with Crippen LogP contribution in [0.2, 0.25) is 0 Å². The van der Waals surface area contributed by atoms with E-state index in [9.17, 15) is 8.42 Å². The summed E-state index contributed by atoms with van der Waals surface area (Å²) in [6, 6.07) is 8.94. The van der Waals surface area contributed by atoms with Gasteiger partial charge in [0.05, 0.1) is 25.3 Å². The second-order valence-corrected chi connectivity index (χ2v) is 10.1. The molecule has 0 aliphatic carbocycles. The van der Waals surface area contributed by atoms with Crippen molar-refractivity contribution in [2.75, 3.05) is 31.1 Å². The molecule has 25 heavy (non-hydrogen) atoms. The summed E-state index contributed by atoms with van der Waals surface area (Å²) < 4.78 is 33.7. The average Bonchev–Trinajstić information content (AvgIpc) is 2.96. The number of halogens is 1. The van der Waals surface area contributed by atoms with Crippen LogP contribution >= 0.6 is 27.3 Å². The molecule has 1 N–H and O–H groups in total. The highest BCUT2D eigenvalue weighted by atomic mass is 79.9. The van der Waals surface area contributed by atoms with Crippen LogP contribution < -0.4 is 9.62 Å². The zero-order valence-corrected chi connectivity index (χ0v) is 17.4. The summed E-state index contributed by atoms with van der Waals surface area (Å²) in [5, 5.41) is 3.52. The maximum absolute atomic E-state index is 13.0. The van der Waals surface area contributed by atoms with E-state index in [1.807, 2.05) is 25.1 Å². The number of nitrogens with one attached hydrogen (secondary N) is 1. The quantitative estimate of drug-likeness (QED) is 0.689. The van der Waals surface area contributed by atoms with Gasteiger partial charge in [-0.05, 0) is 53.5 Å². The SMILES string of the molecule is CCOCCCNC1c2ccccc2S(=O)(=O)N(C)c2cc(Br)sc21. The third-order valence-corrected chi connectivity index (χ3v) is 7.74. The molecule has 0 radical (unpaired) electrons. The second-order valence-electron chi connectivity index (χ2n) is 5.75. The highest BCUT2D eigenvalue weighted by Gasteiger charge is 2.36. The van der Waals surface area contributed by atoms with E-state index in [1.54, 1.807) is 30.5 Å². The summed E-state index contributed by atoms with van der Waals surface area (Å²) in [5.74, 6) is 0. The van der Waals surface area contributed by atoms with Gasteiger partial charge in [-0.3, -0.25) is 4.31 Å². The van der Waals surface area contributed by atoms with Crippen molar-refractivity contribution in [3.05, 3.63) is 44.6 Å². The maximum Gasteiger partial charge on any atom is 0.264 e. The van der Waals surface area contributed by atoms with Crippen molar-refractivity contribution in [1.29, 1.82) is 0 Å². The molecule has 0 saturated heterocycles. The highest BCUT2D eigenvalue weighted by Crippen LogP contribution is 2.45. The lowest BCUT2D eigenvalue weighted by atomic mass is 10.0. The van der Waals surface area contributed by atoms with Crippen LogP contribution in [0.5, 0.6) is 0 Å². The fourth-order valence-electron chi connectivity index (χ4n) is 2.96. The topological polar surface area (TPSA) is 58.6 Å². The normalized spacial score (nSPS) is 18.5. The van der Waals surface area contributed by atoms with E-state index in [0.29, 0.717) is 18.1 Å². The molecule has 1 aliphatic heterocycles. The monoisotopic (exact) mass is 444 g/mol. The second kappa shape index (κ2) is 7.75. The van der Waals surface area contributed by atoms with Gasteiger partial charge < -0.3 is 10.1 Å². The van der Waals surface area contributed by atoms with E-state index in [-0.39, 0.29) is 6.04 Å². The predicted molar refractivity (Wildman–Crippen MR) is 105 cm³/mol. The van der Waals surface area contributed by atoms with Crippen molar-refractivity contribution >= 4 is 43.0 Å². The number of hydrogen-bond acceptors (Lipinski definition) is 5. The Hall–Kier alpha value is -0.930. The first-order valence-corrected chi connectivity index (χ1v) is 11.2. The van der Waals surface area contributed by atoms with E-state index < -0.39 is 10.0 Å². The first-order valence-electron chi connectivity index (χ1n) is 8.15. The fourth-order valence-corrected chi connectivity index (χ4v) is 6.20. The Morgan fingerprint density at radius 2 is 2.12 bits per heavy atom. The number of hydrogen-bond donors (Lipinski definition) is 1. The van der Waals surface area contributed by atoms with E-state index >= 15 is 0 Å². The van der Waals surface area contributed by atoms with Crippen molar-refractivity contribution in [2.24, 2.45) is 0 Å². The Balaban J connectivity index is 2.03. The van der Waals surface area contributed by atoms with Crippen molar-refractivity contribution in [3.63, 3.8) is 0 Å². The Kier molecular flexibility index (Phi) is 5.85. The molecule has 5 nitrogen and oxygen atoms in total. The summed E-state index contributed by atoms with van der Waals surface area (Å²) in [4.78, 5) is 1.36. The molecule has 1 unspecified atom stereocenters. The minimum atomic E-state index is -3.57. The Morgan fingerprint density at radius 3 is 2.88 bits per heavy atom. The molecule has 0 fully saturated rings. The zero-order valence-electron chi connectivity index (χ0n) is 14.2. The summed E-state index contributed by atoms with van der Waals surface area (Å²) in [7, 11) is -1.96. The standard InChI is InChI=1S/C17H21BrN2O3S2/c1-3-23-10-6-9-19-16-12-7-4-5-8-14(12)25(21,22)20(2)13-11-15(18)24-17(13)16/h4-5,7-8,11,16,19H,3,6,9-10H2,1-2H3. The number of ether oxygens (including phenoxy) is 1. The molecule has 2 heterocycles. The van der Waals surface area contributed by atoms with Gasteiger partial charge >= 0.3 is 0 Å². The Labute approximate surface area is 161 Å². The Bertz CT molecular complexity index is 851.